The minimum Gasteiger partial charge on any atom is -0.462 e. The lowest BCUT2D eigenvalue weighted by Gasteiger charge is -2.20. The van der Waals surface area contributed by atoms with Crippen LogP contribution >= 0.6 is 7.82 Å². The molecule has 0 heterocycles. The van der Waals surface area contributed by atoms with Crippen molar-refractivity contribution >= 4 is 31.1 Å². The molecule has 2 atom stereocenters. The molecule has 0 radical (unpaired) electrons. The highest BCUT2D eigenvalue weighted by Gasteiger charge is 2.27. The summed E-state index contributed by atoms with van der Waals surface area (Å²) >= 11 is 0. The molecule has 0 aliphatic heterocycles. The molecular formula is C26H42N5O10P. The molecule has 236 valence electrons. The van der Waals surface area contributed by atoms with E-state index in [4.69, 9.17) is 25.3 Å². The second-order valence-electron chi connectivity index (χ2n) is 9.53. The van der Waals surface area contributed by atoms with Crippen LogP contribution in [-0.4, -0.2) is 54.2 Å². The van der Waals surface area contributed by atoms with Gasteiger partial charge in [-0.15, -0.1) is 0 Å². The number of phosphoric ester groups is 1. The molecule has 0 aliphatic carbocycles. The van der Waals surface area contributed by atoms with Gasteiger partial charge in [0.2, 0.25) is 0 Å². The summed E-state index contributed by atoms with van der Waals surface area (Å²) in [4.78, 5) is 47.7. The van der Waals surface area contributed by atoms with Crippen LogP contribution in [0.1, 0.15) is 94.3 Å². The van der Waals surface area contributed by atoms with E-state index in [1.807, 2.05) is 0 Å². The van der Waals surface area contributed by atoms with Crippen LogP contribution in [0.15, 0.2) is 23.3 Å². The van der Waals surface area contributed by atoms with Crippen LogP contribution in [0, 0.1) is 10.1 Å². The lowest BCUT2D eigenvalue weighted by molar-refractivity contribution is -0.384. The maximum atomic E-state index is 12.8. The Bertz CT molecular complexity index is 1080. The summed E-state index contributed by atoms with van der Waals surface area (Å²) in [7, 11) is -4.56. The van der Waals surface area contributed by atoms with Gasteiger partial charge in [0, 0.05) is 30.0 Å². The summed E-state index contributed by atoms with van der Waals surface area (Å²) in [6.07, 6.45) is 11.1. The first-order chi connectivity index (χ1) is 20.1. The molecule has 0 aliphatic rings. The lowest BCUT2D eigenvalue weighted by atomic mass is 10.1. The SMILES string of the molecule is CCCCCCCCCCCCCC(=O)OC[C@H](COP(=O)(O)OC[14CH2]N)OC(=O)c1ccc([N+](=O)[O-])cc1N=[N+]=[N-]. The number of ether oxygens (including phenoxy) is 2. The quantitative estimate of drug-likeness (QED) is 0.0188. The van der Waals surface area contributed by atoms with E-state index in [0.29, 0.717) is 6.42 Å². The third kappa shape index (κ3) is 16.4. The Morgan fingerprint density at radius 3 is 2.29 bits per heavy atom. The van der Waals surface area contributed by atoms with Crippen LogP contribution < -0.4 is 5.73 Å². The first kappa shape index (κ1) is 37.0. The van der Waals surface area contributed by atoms with Crippen molar-refractivity contribution < 1.29 is 42.5 Å². The predicted octanol–water partition coefficient (Wildman–Crippen LogP) is 6.40. The van der Waals surface area contributed by atoms with E-state index in [2.05, 4.69) is 21.5 Å². The molecule has 1 rings (SSSR count). The molecule has 42 heavy (non-hydrogen) atoms. The normalized spacial score (nSPS) is 13.0. The molecule has 0 saturated heterocycles. The van der Waals surface area contributed by atoms with Gasteiger partial charge in [0.05, 0.1) is 29.4 Å². The van der Waals surface area contributed by atoms with Crippen molar-refractivity contribution in [3.63, 3.8) is 0 Å². The van der Waals surface area contributed by atoms with E-state index in [1.165, 1.54) is 44.9 Å². The first-order valence-corrected chi connectivity index (χ1v) is 15.6. The van der Waals surface area contributed by atoms with Gasteiger partial charge < -0.3 is 20.1 Å². The van der Waals surface area contributed by atoms with Crippen LogP contribution in [0.4, 0.5) is 11.4 Å². The monoisotopic (exact) mass is 617 g/mol. The van der Waals surface area contributed by atoms with Crippen molar-refractivity contribution in [2.75, 3.05) is 26.4 Å². The maximum Gasteiger partial charge on any atom is 0.472 e. The first-order valence-electron chi connectivity index (χ1n) is 14.2. The van der Waals surface area contributed by atoms with E-state index < -0.39 is 49.7 Å². The second kappa shape index (κ2) is 21.6. The summed E-state index contributed by atoms with van der Waals surface area (Å²) in [6, 6.07) is 2.93. The molecule has 0 saturated carbocycles. The zero-order valence-electron chi connectivity index (χ0n) is 24.1. The highest BCUT2D eigenvalue weighted by molar-refractivity contribution is 7.47. The Hall–Kier alpha value is -3.06. The lowest BCUT2D eigenvalue weighted by Crippen LogP contribution is -2.29. The van der Waals surface area contributed by atoms with Gasteiger partial charge in [-0.05, 0) is 18.0 Å². The highest BCUT2D eigenvalue weighted by Crippen LogP contribution is 2.43. The van der Waals surface area contributed by atoms with E-state index in [1.54, 1.807) is 0 Å². The summed E-state index contributed by atoms with van der Waals surface area (Å²) < 4.78 is 32.0. The molecule has 0 bridgehead atoms. The molecule has 1 aromatic rings. The summed E-state index contributed by atoms with van der Waals surface area (Å²) in [5.74, 6) is -1.65. The van der Waals surface area contributed by atoms with Gasteiger partial charge in [-0.25, -0.2) is 9.36 Å². The van der Waals surface area contributed by atoms with Gasteiger partial charge >= 0.3 is 19.8 Å². The van der Waals surface area contributed by atoms with Crippen molar-refractivity contribution in [1.29, 1.82) is 0 Å². The maximum absolute atomic E-state index is 12.8. The Morgan fingerprint density at radius 1 is 1.10 bits per heavy atom. The molecule has 0 spiro atoms. The van der Waals surface area contributed by atoms with Gasteiger partial charge in [-0.2, -0.15) is 0 Å². The van der Waals surface area contributed by atoms with Crippen LogP contribution in [-0.2, 0) is 27.9 Å². The Morgan fingerprint density at radius 2 is 1.71 bits per heavy atom. The minimum atomic E-state index is -4.56. The summed E-state index contributed by atoms with van der Waals surface area (Å²) in [5, 5.41) is 14.3. The molecule has 0 amide bonds. The standard InChI is InChI=1S/C26H42N5O10P/c1-2-3-4-5-6-7-8-9-10-11-12-13-25(32)38-19-22(20-40-42(36,37)39-17-16-27)41-26(33)23-15-14-21(31(34)35)18-24(23)29-30-28/h14-15,18,22H,2-13,16-17,19-20,27H2,1H3,(H,36,37)/t22-/m1/s1/i16+2. The highest BCUT2D eigenvalue weighted by atomic mass is 31.2. The average Bonchev–Trinajstić information content (AvgIpc) is 2.96. The largest absolute Gasteiger partial charge is 0.472 e. The van der Waals surface area contributed by atoms with E-state index in [-0.39, 0.29) is 30.8 Å². The number of nitrogens with two attached hydrogens (primary N) is 1. The molecule has 3 N–H and O–H groups in total. The van der Waals surface area contributed by atoms with Crippen molar-refractivity contribution in [1.82, 2.24) is 0 Å². The van der Waals surface area contributed by atoms with E-state index in [9.17, 15) is 29.2 Å². The molecule has 1 unspecified atom stereocenters. The number of rotatable bonds is 24. The van der Waals surface area contributed by atoms with Gasteiger partial charge in [0.25, 0.3) is 5.69 Å². The Kier molecular flexibility index (Phi) is 19.0. The number of nitrogens with zero attached hydrogens (tertiary/aromatic N) is 4. The fourth-order valence-electron chi connectivity index (χ4n) is 3.84. The second-order valence-corrected chi connectivity index (χ2v) is 11.0. The van der Waals surface area contributed by atoms with Gasteiger partial charge in [0.15, 0.2) is 6.10 Å². The number of nitro groups is 1. The number of carbonyl (C=O) groups excluding carboxylic acids is 2. The number of carbonyl (C=O) groups is 2. The number of non-ortho nitro benzene ring substituents is 1. The molecule has 15 nitrogen and oxygen atoms in total. The Balaban J connectivity index is 2.66. The van der Waals surface area contributed by atoms with Crippen molar-refractivity contribution in [3.8, 4) is 0 Å². The summed E-state index contributed by atoms with van der Waals surface area (Å²) in [5.41, 5.74) is 12.9. The topological polar surface area (TPSA) is 226 Å². The number of hydrogen-bond acceptors (Lipinski definition) is 11. The van der Waals surface area contributed by atoms with Crippen LogP contribution in [0.5, 0.6) is 0 Å². The van der Waals surface area contributed by atoms with Crippen LogP contribution in [0.25, 0.3) is 10.4 Å². The van der Waals surface area contributed by atoms with Crippen molar-refractivity contribution in [2.24, 2.45) is 10.8 Å². The summed E-state index contributed by atoms with van der Waals surface area (Å²) in [6.45, 7) is 0.668. The van der Waals surface area contributed by atoms with Crippen LogP contribution in [0.3, 0.4) is 0 Å². The van der Waals surface area contributed by atoms with Gasteiger partial charge in [-0.3, -0.25) is 24.0 Å². The number of nitro benzene ring substituents is 1. The smallest absolute Gasteiger partial charge is 0.462 e. The van der Waals surface area contributed by atoms with Gasteiger partial charge in [0.1, 0.15) is 6.61 Å². The number of unbranched alkanes of at least 4 members (excludes halogenated alkanes) is 10. The molecule has 0 fully saturated rings. The average molecular weight is 618 g/mol. The van der Waals surface area contributed by atoms with Crippen molar-refractivity contribution in [2.45, 2.75) is 90.1 Å². The molecule has 1 aromatic carbocycles. The molecule has 0 aromatic heterocycles. The number of benzene rings is 1. The fourth-order valence-corrected chi connectivity index (χ4v) is 4.61. The zero-order valence-corrected chi connectivity index (χ0v) is 25.0. The van der Waals surface area contributed by atoms with Crippen LogP contribution in [0.2, 0.25) is 0 Å². The van der Waals surface area contributed by atoms with Gasteiger partial charge in [-0.1, -0.05) is 76.2 Å². The number of hydrogen-bond donors (Lipinski definition) is 2. The molecular weight excluding hydrogens is 575 g/mol. The zero-order chi connectivity index (χ0) is 31.2. The number of esters is 2. The fraction of sp³-hybridized carbons (Fsp3) is 0.692. The van der Waals surface area contributed by atoms with E-state index >= 15 is 0 Å². The number of phosphoric acid groups is 1. The number of azide groups is 1. The minimum absolute atomic E-state index is 0.0503. The third-order valence-electron chi connectivity index (χ3n) is 6.05. The Labute approximate surface area is 245 Å². The molecule has 16 heteroatoms. The third-order valence-corrected chi connectivity index (χ3v) is 7.03. The predicted molar refractivity (Wildman–Crippen MR) is 154 cm³/mol. The van der Waals surface area contributed by atoms with Crippen molar-refractivity contribution in [3.05, 3.63) is 44.3 Å². The van der Waals surface area contributed by atoms with E-state index in [0.717, 1.165) is 37.5 Å².